The molecule has 3 N–H and O–H groups in total. The van der Waals surface area contributed by atoms with Gasteiger partial charge in [-0.25, -0.2) is 0 Å². The molecule has 0 aromatic carbocycles. The minimum atomic E-state index is -0.222. The fourth-order valence-corrected chi connectivity index (χ4v) is 1.97. The molecule has 1 saturated heterocycles. The number of nitrogens with zero attached hydrogens (tertiary/aromatic N) is 1. The maximum atomic E-state index is 9.26. The van der Waals surface area contributed by atoms with Gasteiger partial charge in [-0.3, -0.25) is 0 Å². The van der Waals surface area contributed by atoms with Crippen LogP contribution in [0.3, 0.4) is 0 Å². The van der Waals surface area contributed by atoms with Gasteiger partial charge < -0.3 is 20.5 Å². The molecule has 0 amide bonds. The van der Waals surface area contributed by atoms with Crippen LogP contribution in [0, 0.1) is 0 Å². The van der Waals surface area contributed by atoms with Gasteiger partial charge in [0.15, 0.2) is 0 Å². The number of hydrogen-bond acceptors (Lipinski definition) is 4. The van der Waals surface area contributed by atoms with Gasteiger partial charge in [0.05, 0.1) is 12.2 Å². The first-order valence-electron chi connectivity index (χ1n) is 5.94. The summed E-state index contributed by atoms with van der Waals surface area (Å²) in [5.41, 5.74) is 5.40. The Hall–Kier alpha value is -0.160. The van der Waals surface area contributed by atoms with Gasteiger partial charge in [0.2, 0.25) is 0 Å². The molecule has 1 atom stereocenters. The molecule has 1 aliphatic rings. The van der Waals surface area contributed by atoms with E-state index in [-0.39, 0.29) is 6.10 Å². The monoisotopic (exact) mass is 216 g/mol. The SMILES string of the molecule is C[C@H](O)CN1CCC(OCCCN)CC1. The van der Waals surface area contributed by atoms with Crippen molar-refractivity contribution in [2.24, 2.45) is 5.73 Å². The van der Waals surface area contributed by atoms with Gasteiger partial charge in [-0.1, -0.05) is 0 Å². The van der Waals surface area contributed by atoms with E-state index in [1.54, 1.807) is 0 Å². The van der Waals surface area contributed by atoms with Crippen molar-refractivity contribution in [1.82, 2.24) is 4.90 Å². The second kappa shape index (κ2) is 7.17. The van der Waals surface area contributed by atoms with E-state index in [2.05, 4.69) is 4.90 Å². The first-order valence-corrected chi connectivity index (χ1v) is 5.94. The molecule has 1 heterocycles. The number of ether oxygens (including phenoxy) is 1. The Kier molecular flexibility index (Phi) is 6.17. The predicted molar refractivity (Wildman–Crippen MR) is 60.8 cm³/mol. The number of β-amino-alcohol motifs (C(OH)–C–C–N with tert-alkyl or cyclic N) is 1. The average Bonchev–Trinajstić information content (AvgIpc) is 2.20. The molecule has 0 radical (unpaired) electrons. The molecule has 0 aromatic rings. The van der Waals surface area contributed by atoms with E-state index in [4.69, 9.17) is 10.5 Å². The van der Waals surface area contributed by atoms with E-state index in [1.165, 1.54) is 0 Å². The van der Waals surface area contributed by atoms with Crippen molar-refractivity contribution in [3.63, 3.8) is 0 Å². The maximum Gasteiger partial charge on any atom is 0.0639 e. The van der Waals surface area contributed by atoms with Crippen molar-refractivity contribution < 1.29 is 9.84 Å². The molecule has 0 unspecified atom stereocenters. The Balaban J connectivity index is 2.07. The zero-order valence-electron chi connectivity index (χ0n) is 9.69. The zero-order chi connectivity index (χ0) is 11.1. The Bertz CT molecular complexity index is 157. The molecule has 0 spiro atoms. The smallest absolute Gasteiger partial charge is 0.0639 e. The molecular formula is C11H24N2O2. The number of aliphatic hydroxyl groups excluding tert-OH is 1. The molecule has 0 saturated carbocycles. The highest BCUT2D eigenvalue weighted by atomic mass is 16.5. The average molecular weight is 216 g/mol. The Morgan fingerprint density at radius 1 is 1.47 bits per heavy atom. The summed E-state index contributed by atoms with van der Waals surface area (Å²) in [6.07, 6.45) is 3.30. The molecule has 1 aliphatic heterocycles. The molecule has 0 aliphatic carbocycles. The third-order valence-electron chi connectivity index (χ3n) is 2.76. The van der Waals surface area contributed by atoms with E-state index < -0.39 is 0 Å². The standard InChI is InChI=1S/C11H24N2O2/c1-10(14)9-13-6-3-11(4-7-13)15-8-2-5-12/h10-11,14H,2-9,12H2,1H3/t10-/m0/s1. The molecule has 0 aromatic heterocycles. The number of likely N-dealkylation sites (tertiary alicyclic amines) is 1. The van der Waals surface area contributed by atoms with Crippen molar-refractivity contribution in [2.45, 2.75) is 38.4 Å². The lowest BCUT2D eigenvalue weighted by Crippen LogP contribution is -2.40. The van der Waals surface area contributed by atoms with Crippen molar-refractivity contribution in [3.05, 3.63) is 0 Å². The Morgan fingerprint density at radius 2 is 2.13 bits per heavy atom. The van der Waals surface area contributed by atoms with Crippen molar-refractivity contribution in [1.29, 1.82) is 0 Å². The largest absolute Gasteiger partial charge is 0.392 e. The highest BCUT2D eigenvalue weighted by molar-refractivity contribution is 4.73. The van der Waals surface area contributed by atoms with Crippen molar-refractivity contribution in [3.8, 4) is 0 Å². The van der Waals surface area contributed by atoms with E-state index in [0.29, 0.717) is 12.6 Å². The van der Waals surface area contributed by atoms with E-state index in [1.807, 2.05) is 6.92 Å². The number of rotatable bonds is 6. The normalized spacial score (nSPS) is 21.8. The maximum absolute atomic E-state index is 9.26. The van der Waals surface area contributed by atoms with Crippen LogP contribution in [-0.2, 0) is 4.74 Å². The second-order valence-electron chi connectivity index (χ2n) is 4.36. The highest BCUT2D eigenvalue weighted by Gasteiger charge is 2.19. The molecule has 15 heavy (non-hydrogen) atoms. The van der Waals surface area contributed by atoms with Crippen LogP contribution in [0.5, 0.6) is 0 Å². The van der Waals surface area contributed by atoms with Crippen LogP contribution in [-0.4, -0.2) is 55.0 Å². The van der Waals surface area contributed by atoms with Gasteiger partial charge in [0, 0.05) is 26.2 Å². The zero-order valence-corrected chi connectivity index (χ0v) is 9.69. The molecule has 4 nitrogen and oxygen atoms in total. The van der Waals surface area contributed by atoms with Gasteiger partial charge in [0.1, 0.15) is 0 Å². The van der Waals surface area contributed by atoms with Crippen LogP contribution in [0.25, 0.3) is 0 Å². The third-order valence-corrected chi connectivity index (χ3v) is 2.76. The van der Waals surface area contributed by atoms with Gasteiger partial charge in [0.25, 0.3) is 0 Å². The van der Waals surface area contributed by atoms with Crippen LogP contribution in [0.1, 0.15) is 26.2 Å². The summed E-state index contributed by atoms with van der Waals surface area (Å²) in [4.78, 5) is 2.30. The van der Waals surface area contributed by atoms with Crippen LogP contribution < -0.4 is 5.73 Å². The molecule has 0 bridgehead atoms. The quantitative estimate of drug-likeness (QED) is 0.623. The summed E-state index contributed by atoms with van der Waals surface area (Å²) in [7, 11) is 0. The van der Waals surface area contributed by atoms with Crippen LogP contribution in [0.4, 0.5) is 0 Å². The second-order valence-corrected chi connectivity index (χ2v) is 4.36. The van der Waals surface area contributed by atoms with Gasteiger partial charge in [-0.2, -0.15) is 0 Å². The van der Waals surface area contributed by atoms with Crippen LogP contribution in [0.2, 0.25) is 0 Å². The van der Waals surface area contributed by atoms with Crippen LogP contribution >= 0.6 is 0 Å². The lowest BCUT2D eigenvalue weighted by atomic mass is 10.1. The number of piperidine rings is 1. The summed E-state index contributed by atoms with van der Waals surface area (Å²) in [5.74, 6) is 0. The molecular weight excluding hydrogens is 192 g/mol. The lowest BCUT2D eigenvalue weighted by molar-refractivity contribution is -0.000781. The predicted octanol–water partition coefficient (Wildman–Crippen LogP) is 0.197. The lowest BCUT2D eigenvalue weighted by Gasteiger charge is -2.32. The first kappa shape index (κ1) is 12.9. The number of aliphatic hydroxyl groups is 1. The minimum absolute atomic E-state index is 0.222. The number of hydrogen-bond donors (Lipinski definition) is 2. The molecule has 1 rings (SSSR count). The van der Waals surface area contributed by atoms with E-state index in [9.17, 15) is 5.11 Å². The molecule has 1 fully saturated rings. The molecule has 90 valence electrons. The van der Waals surface area contributed by atoms with Crippen molar-refractivity contribution in [2.75, 3.05) is 32.8 Å². The van der Waals surface area contributed by atoms with E-state index >= 15 is 0 Å². The summed E-state index contributed by atoms with van der Waals surface area (Å²) < 4.78 is 5.71. The highest BCUT2D eigenvalue weighted by Crippen LogP contribution is 2.13. The van der Waals surface area contributed by atoms with Crippen LogP contribution in [0.15, 0.2) is 0 Å². The summed E-state index contributed by atoms with van der Waals surface area (Å²) >= 11 is 0. The fourth-order valence-electron chi connectivity index (χ4n) is 1.97. The fraction of sp³-hybridized carbons (Fsp3) is 1.00. The first-order chi connectivity index (χ1) is 7.22. The van der Waals surface area contributed by atoms with Gasteiger partial charge >= 0.3 is 0 Å². The van der Waals surface area contributed by atoms with Crippen molar-refractivity contribution >= 4 is 0 Å². The Labute approximate surface area is 92.4 Å². The third kappa shape index (κ3) is 5.47. The summed E-state index contributed by atoms with van der Waals surface area (Å²) in [6.45, 7) is 6.20. The van der Waals surface area contributed by atoms with Gasteiger partial charge in [-0.05, 0) is 32.7 Å². The van der Waals surface area contributed by atoms with Gasteiger partial charge in [-0.15, -0.1) is 0 Å². The Morgan fingerprint density at radius 3 is 2.67 bits per heavy atom. The molecule has 4 heteroatoms. The summed E-state index contributed by atoms with van der Waals surface area (Å²) in [6, 6.07) is 0. The topological polar surface area (TPSA) is 58.7 Å². The minimum Gasteiger partial charge on any atom is -0.392 e. The number of nitrogens with two attached hydrogens (primary N) is 1. The van der Waals surface area contributed by atoms with E-state index in [0.717, 1.165) is 45.5 Å². The summed E-state index contributed by atoms with van der Waals surface area (Å²) in [5, 5.41) is 9.26.